The number of hydrogen-bond donors (Lipinski definition) is 1. The topological polar surface area (TPSA) is 98.9 Å². The maximum absolute atomic E-state index is 11.0. The van der Waals surface area contributed by atoms with Crippen LogP contribution in [0.5, 0.6) is 5.75 Å². The molecule has 1 unspecified atom stereocenters. The molecule has 0 aliphatic carbocycles. The van der Waals surface area contributed by atoms with Gasteiger partial charge in [0.15, 0.2) is 11.9 Å². The number of carboxylic acid groups (broad SMARTS) is 1. The molecular formula is C14H19NO6. The summed E-state index contributed by atoms with van der Waals surface area (Å²) in [5.41, 5.74) is 0.726. The molecule has 7 nitrogen and oxygen atoms in total. The fourth-order valence-electron chi connectivity index (χ4n) is 1.80. The molecule has 0 spiro atoms. The molecule has 0 bridgehead atoms. The molecule has 0 fully saturated rings. The highest BCUT2D eigenvalue weighted by atomic mass is 16.6. The summed E-state index contributed by atoms with van der Waals surface area (Å²) >= 11 is 0. The predicted molar refractivity (Wildman–Crippen MR) is 75.6 cm³/mol. The van der Waals surface area contributed by atoms with Crippen molar-refractivity contribution >= 4 is 11.7 Å². The minimum atomic E-state index is -1.07. The maximum Gasteiger partial charge on any atom is 0.332 e. The largest absolute Gasteiger partial charge is 0.487 e. The molecule has 1 rings (SSSR count). The third-order valence-electron chi connectivity index (χ3n) is 2.91. The van der Waals surface area contributed by atoms with Crippen molar-refractivity contribution in [2.24, 2.45) is 0 Å². The third-order valence-corrected chi connectivity index (χ3v) is 2.91. The molecule has 0 amide bonds. The lowest BCUT2D eigenvalue weighted by atomic mass is 10.1. The van der Waals surface area contributed by atoms with Crippen LogP contribution >= 0.6 is 0 Å². The zero-order chi connectivity index (χ0) is 15.8. The molecule has 0 aromatic heterocycles. The van der Waals surface area contributed by atoms with Gasteiger partial charge in [-0.2, -0.15) is 0 Å². The second-order valence-electron chi connectivity index (χ2n) is 4.33. The monoisotopic (exact) mass is 297 g/mol. The van der Waals surface area contributed by atoms with Crippen LogP contribution in [0.15, 0.2) is 18.2 Å². The molecule has 0 aliphatic rings. The number of hydrogen-bond acceptors (Lipinski definition) is 5. The summed E-state index contributed by atoms with van der Waals surface area (Å²) in [6.45, 7) is 3.91. The van der Waals surface area contributed by atoms with Gasteiger partial charge >= 0.3 is 11.7 Å². The summed E-state index contributed by atoms with van der Waals surface area (Å²) in [7, 11) is 0. The van der Waals surface area contributed by atoms with E-state index in [1.807, 2.05) is 6.92 Å². The molecule has 1 aromatic carbocycles. The summed E-state index contributed by atoms with van der Waals surface area (Å²) in [6, 6.07) is 4.75. The van der Waals surface area contributed by atoms with E-state index in [0.717, 1.165) is 5.56 Å². The normalized spacial score (nSPS) is 11.9. The fraction of sp³-hybridized carbons (Fsp3) is 0.500. The number of benzene rings is 1. The van der Waals surface area contributed by atoms with E-state index in [-0.39, 0.29) is 31.1 Å². The number of nitro benzene ring substituents is 1. The predicted octanol–water partition coefficient (Wildman–Crippen LogP) is 2.42. The van der Waals surface area contributed by atoms with Gasteiger partial charge in [0.2, 0.25) is 0 Å². The summed E-state index contributed by atoms with van der Waals surface area (Å²) in [5.74, 6) is -0.936. The number of aliphatic carboxylic acids is 1. The van der Waals surface area contributed by atoms with Crippen molar-refractivity contribution in [2.75, 3.05) is 13.2 Å². The standard InChI is InChI=1S/C14H19NO6/c1-3-10-5-6-12(11(9-10)15(18)19)21-8-7-13(14(16)17)20-4-2/h5-6,9,13H,3-4,7-8H2,1-2H3,(H,16,17). The Morgan fingerprint density at radius 1 is 1.43 bits per heavy atom. The minimum Gasteiger partial charge on any atom is -0.487 e. The molecular weight excluding hydrogens is 278 g/mol. The molecule has 0 aliphatic heterocycles. The second-order valence-corrected chi connectivity index (χ2v) is 4.33. The summed E-state index contributed by atoms with van der Waals surface area (Å²) in [6.07, 6.45) is -0.161. The van der Waals surface area contributed by atoms with E-state index in [9.17, 15) is 14.9 Å². The van der Waals surface area contributed by atoms with Gasteiger partial charge in [-0.25, -0.2) is 4.79 Å². The van der Waals surface area contributed by atoms with Gasteiger partial charge in [-0.05, 0) is 25.0 Å². The van der Waals surface area contributed by atoms with Crippen LogP contribution < -0.4 is 4.74 Å². The Morgan fingerprint density at radius 2 is 2.14 bits per heavy atom. The Balaban J connectivity index is 2.70. The Kier molecular flexibility index (Phi) is 6.61. The molecule has 0 heterocycles. The maximum atomic E-state index is 11.0. The van der Waals surface area contributed by atoms with Gasteiger partial charge in [0.05, 0.1) is 11.5 Å². The first-order valence-electron chi connectivity index (χ1n) is 6.74. The average Bonchev–Trinajstić information content (AvgIpc) is 2.46. The lowest BCUT2D eigenvalue weighted by molar-refractivity contribution is -0.385. The van der Waals surface area contributed by atoms with Gasteiger partial charge in [-0.15, -0.1) is 0 Å². The van der Waals surface area contributed by atoms with Crippen LogP contribution in [0.4, 0.5) is 5.69 Å². The Hall–Kier alpha value is -2.15. The highest BCUT2D eigenvalue weighted by Crippen LogP contribution is 2.28. The van der Waals surface area contributed by atoms with Gasteiger partial charge in [0, 0.05) is 19.1 Å². The average molecular weight is 297 g/mol. The van der Waals surface area contributed by atoms with Crippen molar-refractivity contribution in [3.63, 3.8) is 0 Å². The number of carbonyl (C=O) groups is 1. The molecule has 116 valence electrons. The Bertz CT molecular complexity index is 502. The highest BCUT2D eigenvalue weighted by molar-refractivity contribution is 5.72. The molecule has 1 aromatic rings. The molecule has 0 saturated carbocycles. The number of nitrogens with zero attached hydrogens (tertiary/aromatic N) is 1. The Morgan fingerprint density at radius 3 is 2.67 bits per heavy atom. The fourth-order valence-corrected chi connectivity index (χ4v) is 1.80. The first-order chi connectivity index (χ1) is 9.99. The van der Waals surface area contributed by atoms with E-state index in [1.165, 1.54) is 12.1 Å². The summed E-state index contributed by atoms with van der Waals surface area (Å²) in [5, 5.41) is 19.9. The number of aryl methyl sites for hydroxylation is 1. The third kappa shape index (κ3) is 5.03. The van der Waals surface area contributed by atoms with Crippen LogP contribution in [0.25, 0.3) is 0 Å². The molecule has 1 atom stereocenters. The summed E-state index contributed by atoms with van der Waals surface area (Å²) in [4.78, 5) is 21.4. The smallest absolute Gasteiger partial charge is 0.332 e. The van der Waals surface area contributed by atoms with Gasteiger partial charge in [0.25, 0.3) is 0 Å². The van der Waals surface area contributed by atoms with Crippen molar-refractivity contribution in [2.45, 2.75) is 32.8 Å². The van der Waals surface area contributed by atoms with Crippen LogP contribution in [-0.4, -0.2) is 35.3 Å². The molecule has 7 heteroatoms. The molecule has 0 saturated heterocycles. The molecule has 0 radical (unpaired) electrons. The number of rotatable bonds is 9. The van der Waals surface area contributed by atoms with Gasteiger partial charge < -0.3 is 14.6 Å². The Labute approximate surface area is 122 Å². The number of carboxylic acids is 1. The van der Waals surface area contributed by atoms with Crippen LogP contribution in [0.3, 0.4) is 0 Å². The van der Waals surface area contributed by atoms with Crippen molar-refractivity contribution in [3.05, 3.63) is 33.9 Å². The number of nitro groups is 1. The highest BCUT2D eigenvalue weighted by Gasteiger charge is 2.19. The van der Waals surface area contributed by atoms with Gasteiger partial charge in [-0.3, -0.25) is 10.1 Å². The van der Waals surface area contributed by atoms with Crippen molar-refractivity contribution in [1.29, 1.82) is 0 Å². The quantitative estimate of drug-likeness (QED) is 0.555. The molecule has 1 N–H and O–H groups in total. The van der Waals surface area contributed by atoms with Crippen molar-refractivity contribution in [3.8, 4) is 5.75 Å². The van der Waals surface area contributed by atoms with E-state index in [1.54, 1.807) is 13.0 Å². The first kappa shape index (κ1) is 16.9. The van der Waals surface area contributed by atoms with E-state index in [4.69, 9.17) is 14.6 Å². The van der Waals surface area contributed by atoms with Gasteiger partial charge in [0.1, 0.15) is 0 Å². The number of ether oxygens (including phenoxy) is 2. The van der Waals surface area contributed by atoms with E-state index in [0.29, 0.717) is 6.42 Å². The zero-order valence-electron chi connectivity index (χ0n) is 12.1. The van der Waals surface area contributed by atoms with E-state index < -0.39 is 17.0 Å². The van der Waals surface area contributed by atoms with Gasteiger partial charge in [-0.1, -0.05) is 13.0 Å². The second kappa shape index (κ2) is 8.21. The van der Waals surface area contributed by atoms with E-state index in [2.05, 4.69) is 0 Å². The van der Waals surface area contributed by atoms with Crippen LogP contribution in [0.1, 0.15) is 25.8 Å². The summed E-state index contributed by atoms with van der Waals surface area (Å²) < 4.78 is 10.4. The minimum absolute atomic E-state index is 0.0310. The van der Waals surface area contributed by atoms with Crippen LogP contribution in [0.2, 0.25) is 0 Å². The van der Waals surface area contributed by atoms with Crippen LogP contribution in [0, 0.1) is 10.1 Å². The zero-order valence-corrected chi connectivity index (χ0v) is 12.1. The lowest BCUT2D eigenvalue weighted by Gasteiger charge is -2.13. The molecule has 21 heavy (non-hydrogen) atoms. The lowest BCUT2D eigenvalue weighted by Crippen LogP contribution is -2.26. The van der Waals surface area contributed by atoms with Crippen molar-refractivity contribution in [1.82, 2.24) is 0 Å². The van der Waals surface area contributed by atoms with Crippen LogP contribution in [-0.2, 0) is 16.0 Å². The SMILES string of the molecule is CCOC(CCOc1ccc(CC)cc1[N+](=O)[O-])C(=O)O. The first-order valence-corrected chi connectivity index (χ1v) is 6.74. The van der Waals surface area contributed by atoms with E-state index >= 15 is 0 Å². The van der Waals surface area contributed by atoms with Crippen molar-refractivity contribution < 1.29 is 24.3 Å².